The van der Waals surface area contributed by atoms with Gasteiger partial charge in [0.1, 0.15) is 5.75 Å². The zero-order valence-electron chi connectivity index (χ0n) is 13.6. The SMILES string of the molecule is Nc1cccc(C(=O)N2CCN(C(=O)Oc3ccccc3)CC2)c1O. The lowest BCUT2D eigenvalue weighted by atomic mass is 10.1. The number of nitrogen functional groups attached to an aromatic ring is 1. The van der Waals surface area contributed by atoms with E-state index in [0.29, 0.717) is 31.9 Å². The van der Waals surface area contributed by atoms with E-state index in [4.69, 9.17) is 10.5 Å². The molecule has 2 aromatic carbocycles. The fourth-order valence-electron chi connectivity index (χ4n) is 2.65. The van der Waals surface area contributed by atoms with E-state index in [1.807, 2.05) is 6.07 Å². The van der Waals surface area contributed by atoms with E-state index in [1.165, 1.54) is 12.1 Å². The Morgan fingerprint density at radius 1 is 0.920 bits per heavy atom. The number of phenols is 1. The van der Waals surface area contributed by atoms with Gasteiger partial charge in [0, 0.05) is 26.2 Å². The molecule has 3 N–H and O–H groups in total. The zero-order chi connectivity index (χ0) is 17.8. The Hall–Kier alpha value is -3.22. The predicted octanol–water partition coefficient (Wildman–Crippen LogP) is 1.93. The average Bonchev–Trinajstić information content (AvgIpc) is 2.64. The number of aromatic hydroxyl groups is 1. The van der Waals surface area contributed by atoms with Crippen molar-refractivity contribution in [2.45, 2.75) is 0 Å². The van der Waals surface area contributed by atoms with Crippen LogP contribution in [-0.2, 0) is 0 Å². The lowest BCUT2D eigenvalue weighted by Crippen LogP contribution is -2.51. The maximum Gasteiger partial charge on any atom is 0.415 e. The fraction of sp³-hybridized carbons (Fsp3) is 0.222. The number of carbonyl (C=O) groups is 2. The normalized spacial score (nSPS) is 14.2. The predicted molar refractivity (Wildman–Crippen MR) is 92.5 cm³/mol. The third-order valence-corrected chi connectivity index (χ3v) is 4.07. The number of ether oxygens (including phenoxy) is 1. The van der Waals surface area contributed by atoms with Crippen molar-refractivity contribution in [1.29, 1.82) is 0 Å². The third kappa shape index (κ3) is 3.65. The molecular formula is C18H19N3O4. The van der Waals surface area contributed by atoms with Gasteiger partial charge in [-0.15, -0.1) is 0 Å². The standard InChI is InChI=1S/C18H19N3O4/c19-15-8-4-7-14(16(15)22)17(23)20-9-11-21(12-10-20)18(24)25-13-5-2-1-3-6-13/h1-8,22H,9-12,19H2. The van der Waals surface area contributed by atoms with Crippen molar-refractivity contribution in [1.82, 2.24) is 9.80 Å². The minimum Gasteiger partial charge on any atom is -0.505 e. The fourth-order valence-corrected chi connectivity index (χ4v) is 2.65. The second kappa shape index (κ2) is 7.12. The number of piperazine rings is 1. The largest absolute Gasteiger partial charge is 0.505 e. The Morgan fingerprint density at radius 3 is 2.24 bits per heavy atom. The summed E-state index contributed by atoms with van der Waals surface area (Å²) in [6.45, 7) is 1.44. The van der Waals surface area contributed by atoms with Crippen molar-refractivity contribution < 1.29 is 19.4 Å². The minimum atomic E-state index is -0.440. The molecule has 7 heteroatoms. The lowest BCUT2D eigenvalue weighted by molar-refractivity contribution is 0.0630. The molecule has 0 radical (unpaired) electrons. The second-order valence-electron chi connectivity index (χ2n) is 5.70. The van der Waals surface area contributed by atoms with Gasteiger partial charge in [0.25, 0.3) is 5.91 Å². The number of carbonyl (C=O) groups excluding carboxylic acids is 2. The van der Waals surface area contributed by atoms with Gasteiger partial charge >= 0.3 is 6.09 Å². The summed E-state index contributed by atoms with van der Waals surface area (Å²) in [7, 11) is 0. The number of hydrogen-bond donors (Lipinski definition) is 2. The molecule has 1 fully saturated rings. The number of anilines is 1. The van der Waals surface area contributed by atoms with Crippen LogP contribution in [0.25, 0.3) is 0 Å². The van der Waals surface area contributed by atoms with Crippen LogP contribution in [0.5, 0.6) is 11.5 Å². The number of hydrogen-bond acceptors (Lipinski definition) is 5. The van der Waals surface area contributed by atoms with Crippen molar-refractivity contribution in [3.63, 3.8) is 0 Å². The number of para-hydroxylation sites is 2. The Bertz CT molecular complexity index is 771. The molecular weight excluding hydrogens is 322 g/mol. The third-order valence-electron chi connectivity index (χ3n) is 4.07. The minimum absolute atomic E-state index is 0.163. The molecule has 1 aliphatic rings. The van der Waals surface area contributed by atoms with Crippen molar-refractivity contribution in [2.75, 3.05) is 31.9 Å². The Kier molecular flexibility index (Phi) is 4.74. The first-order valence-electron chi connectivity index (χ1n) is 7.95. The summed E-state index contributed by atoms with van der Waals surface area (Å²) in [5.41, 5.74) is 5.96. The molecule has 7 nitrogen and oxygen atoms in total. The van der Waals surface area contributed by atoms with Crippen LogP contribution in [0.1, 0.15) is 10.4 Å². The van der Waals surface area contributed by atoms with Gasteiger partial charge in [0.2, 0.25) is 0 Å². The maximum absolute atomic E-state index is 12.5. The number of nitrogens with zero attached hydrogens (tertiary/aromatic N) is 2. The Balaban J connectivity index is 1.59. The van der Waals surface area contributed by atoms with Crippen LogP contribution in [0.4, 0.5) is 10.5 Å². The monoisotopic (exact) mass is 341 g/mol. The molecule has 1 saturated heterocycles. The van der Waals surface area contributed by atoms with E-state index in [2.05, 4.69) is 0 Å². The molecule has 0 aliphatic carbocycles. The number of phenolic OH excluding ortho intramolecular Hbond substituents is 1. The van der Waals surface area contributed by atoms with Gasteiger partial charge in [-0.2, -0.15) is 0 Å². The van der Waals surface area contributed by atoms with E-state index in [9.17, 15) is 14.7 Å². The summed E-state index contributed by atoms with van der Waals surface area (Å²) < 4.78 is 5.30. The van der Waals surface area contributed by atoms with E-state index >= 15 is 0 Å². The van der Waals surface area contributed by atoms with Gasteiger partial charge in [0.05, 0.1) is 11.3 Å². The molecule has 1 aliphatic heterocycles. The average molecular weight is 341 g/mol. The summed E-state index contributed by atoms with van der Waals surface area (Å²) >= 11 is 0. The number of rotatable bonds is 2. The van der Waals surface area contributed by atoms with Crippen LogP contribution in [0.2, 0.25) is 0 Å². The van der Waals surface area contributed by atoms with Gasteiger partial charge in [-0.25, -0.2) is 4.79 Å². The maximum atomic E-state index is 12.5. The van der Waals surface area contributed by atoms with Gasteiger partial charge < -0.3 is 25.4 Å². The highest BCUT2D eigenvalue weighted by Gasteiger charge is 2.27. The molecule has 2 aromatic rings. The first kappa shape index (κ1) is 16.6. The summed E-state index contributed by atoms with van der Waals surface area (Å²) in [4.78, 5) is 27.8. The Labute approximate surface area is 145 Å². The smallest absolute Gasteiger partial charge is 0.415 e. The van der Waals surface area contributed by atoms with E-state index < -0.39 is 6.09 Å². The molecule has 130 valence electrons. The van der Waals surface area contributed by atoms with E-state index in [0.717, 1.165) is 0 Å². The highest BCUT2D eigenvalue weighted by Crippen LogP contribution is 2.26. The van der Waals surface area contributed by atoms with Gasteiger partial charge in [-0.1, -0.05) is 24.3 Å². The first-order valence-corrected chi connectivity index (χ1v) is 7.95. The van der Waals surface area contributed by atoms with Gasteiger partial charge in [-0.3, -0.25) is 4.79 Å². The molecule has 0 atom stereocenters. The van der Waals surface area contributed by atoms with Crippen molar-refractivity contribution in [2.24, 2.45) is 0 Å². The molecule has 25 heavy (non-hydrogen) atoms. The van der Waals surface area contributed by atoms with Crippen LogP contribution in [0.15, 0.2) is 48.5 Å². The number of amides is 2. The van der Waals surface area contributed by atoms with Crippen LogP contribution in [-0.4, -0.2) is 53.1 Å². The summed E-state index contributed by atoms with van der Waals surface area (Å²) in [5.74, 6) is -0.0324. The van der Waals surface area contributed by atoms with E-state index in [-0.39, 0.29) is 22.9 Å². The summed E-state index contributed by atoms with van der Waals surface area (Å²) in [6.07, 6.45) is -0.440. The highest BCUT2D eigenvalue weighted by atomic mass is 16.6. The first-order chi connectivity index (χ1) is 12.1. The van der Waals surface area contributed by atoms with Crippen molar-refractivity contribution in [3.05, 3.63) is 54.1 Å². The molecule has 0 unspecified atom stereocenters. The summed E-state index contributed by atoms with van der Waals surface area (Å²) in [5, 5.41) is 9.95. The quantitative estimate of drug-likeness (QED) is 0.643. The highest BCUT2D eigenvalue weighted by molar-refractivity contribution is 5.98. The molecule has 3 rings (SSSR count). The number of benzene rings is 2. The molecule has 0 saturated carbocycles. The molecule has 0 aromatic heterocycles. The molecule has 0 bridgehead atoms. The van der Waals surface area contributed by atoms with Crippen LogP contribution in [0, 0.1) is 0 Å². The topological polar surface area (TPSA) is 96.1 Å². The number of nitrogens with two attached hydrogens (primary N) is 1. The molecule has 2 amide bonds. The van der Waals surface area contributed by atoms with Crippen molar-refractivity contribution >= 4 is 17.7 Å². The van der Waals surface area contributed by atoms with Crippen LogP contribution < -0.4 is 10.5 Å². The van der Waals surface area contributed by atoms with Crippen LogP contribution >= 0.6 is 0 Å². The second-order valence-corrected chi connectivity index (χ2v) is 5.70. The zero-order valence-corrected chi connectivity index (χ0v) is 13.6. The van der Waals surface area contributed by atoms with Crippen molar-refractivity contribution in [3.8, 4) is 11.5 Å². The summed E-state index contributed by atoms with van der Waals surface area (Å²) in [6, 6.07) is 13.5. The lowest BCUT2D eigenvalue weighted by Gasteiger charge is -2.34. The van der Waals surface area contributed by atoms with Crippen LogP contribution in [0.3, 0.4) is 0 Å². The molecule has 0 spiro atoms. The molecule has 1 heterocycles. The van der Waals surface area contributed by atoms with Gasteiger partial charge in [0.15, 0.2) is 5.75 Å². The van der Waals surface area contributed by atoms with Gasteiger partial charge in [-0.05, 0) is 24.3 Å². The Morgan fingerprint density at radius 2 is 1.56 bits per heavy atom. The van der Waals surface area contributed by atoms with E-state index in [1.54, 1.807) is 40.1 Å².